The Hall–Kier alpha value is -7.41. The fraction of sp³-hybridized carbons (Fsp3) is 0.0714. The van der Waals surface area contributed by atoms with Crippen molar-refractivity contribution in [2.45, 2.75) is 19.8 Å². The highest BCUT2D eigenvalue weighted by Crippen LogP contribution is 2.25. The molecular weight excluding hydrogens is 817 g/mol. The third kappa shape index (κ3) is 8.42. The van der Waals surface area contributed by atoms with Crippen LogP contribution in [0.1, 0.15) is 16.7 Å². The lowest BCUT2D eigenvalue weighted by molar-refractivity contribution is 0.293. The summed E-state index contributed by atoms with van der Waals surface area (Å²) < 4.78 is 18.8. The van der Waals surface area contributed by atoms with E-state index in [9.17, 15) is 0 Å². The van der Waals surface area contributed by atoms with Crippen molar-refractivity contribution in [2.75, 3.05) is 0 Å². The topological polar surface area (TPSA) is 158 Å². The van der Waals surface area contributed by atoms with Gasteiger partial charge >= 0.3 is 0 Å². The quantitative estimate of drug-likeness (QED) is 0.0970. The highest BCUT2D eigenvalue weighted by atomic mass is 32.1. The second-order valence-electron chi connectivity index (χ2n) is 13.1. The summed E-state index contributed by atoms with van der Waals surface area (Å²) in [6.45, 7) is 0.971. The van der Waals surface area contributed by atoms with Crippen molar-refractivity contribution in [1.82, 2.24) is 60.6 Å². The molecule has 0 N–H and O–H groups in total. The Morgan fingerprint density at radius 3 is 0.950 bits per heavy atom. The minimum atomic E-state index is 0.324. The lowest BCUT2D eigenvalue weighted by Crippen LogP contribution is -2.04. The number of hydrogen-bond donors (Lipinski definition) is 0. The normalized spacial score (nSPS) is 11.2. The van der Waals surface area contributed by atoms with Crippen LogP contribution in [0.2, 0.25) is 0 Å². The minimum absolute atomic E-state index is 0.324. The van der Waals surface area contributed by atoms with E-state index in [0.717, 1.165) is 48.4 Å². The van der Waals surface area contributed by atoms with E-state index in [4.69, 9.17) is 14.2 Å². The smallest absolute Gasteiger partial charge is 0.215 e. The molecule has 0 spiro atoms. The summed E-state index contributed by atoms with van der Waals surface area (Å²) >= 11 is 4.71. The SMILES string of the molecule is c1csc(-c2nnn(-c3ccc(OCc4cc(COc5ccc(-n6nnc(-c7cccs7)n6)cc5)cc(COc5ccc(-n6nnc(-c7cccs7)n6)cc5)c4)cc3)n2)c1. The lowest BCUT2D eigenvalue weighted by atomic mass is 10.1. The Kier molecular flexibility index (Phi) is 10.3. The molecule has 0 aliphatic heterocycles. The number of aromatic nitrogens is 12. The van der Waals surface area contributed by atoms with Gasteiger partial charge in [-0.25, -0.2) is 0 Å². The zero-order valence-electron chi connectivity index (χ0n) is 31.3. The molecule has 0 saturated heterocycles. The van der Waals surface area contributed by atoms with Gasteiger partial charge < -0.3 is 14.2 Å². The molecule has 294 valence electrons. The Bertz CT molecular complexity index is 2600. The van der Waals surface area contributed by atoms with Gasteiger partial charge in [0.05, 0.1) is 31.7 Å². The molecule has 60 heavy (non-hydrogen) atoms. The molecule has 10 rings (SSSR count). The van der Waals surface area contributed by atoms with Crippen molar-refractivity contribution in [3.63, 3.8) is 0 Å². The largest absolute Gasteiger partial charge is 0.489 e. The standard InChI is InChI=1S/C42H30N12O3S3/c1-4-37(58-19-1)40-43-49-52(46-40)31-7-13-34(14-8-31)55-25-28-22-29(26-56-35-15-9-32(10-16-35)53-47-41(44-50-53)38-5-2-20-59-38)24-30(23-28)27-57-36-17-11-33(12-18-36)54-48-42(45-51-54)39-6-3-21-60-39/h1-24H,25-27H2. The number of ether oxygens (including phenoxy) is 3. The van der Waals surface area contributed by atoms with Crippen LogP contribution < -0.4 is 14.2 Å². The van der Waals surface area contributed by atoms with E-state index in [-0.39, 0.29) is 0 Å². The molecule has 0 bridgehead atoms. The number of benzene rings is 4. The summed E-state index contributed by atoms with van der Waals surface area (Å²) in [6, 6.07) is 40.8. The molecule has 10 aromatic rings. The maximum absolute atomic E-state index is 6.26. The van der Waals surface area contributed by atoms with Crippen LogP contribution in [0.5, 0.6) is 17.2 Å². The molecule has 0 aliphatic rings. The molecule has 4 aromatic carbocycles. The number of nitrogens with zero attached hydrogens (tertiary/aromatic N) is 12. The number of rotatable bonds is 15. The third-order valence-corrected chi connectivity index (χ3v) is 11.6. The molecule has 6 aromatic heterocycles. The molecule has 0 fully saturated rings. The Morgan fingerprint density at radius 1 is 0.383 bits per heavy atom. The van der Waals surface area contributed by atoms with E-state index in [0.29, 0.717) is 54.5 Å². The van der Waals surface area contributed by atoms with E-state index < -0.39 is 0 Å². The maximum atomic E-state index is 6.26. The van der Waals surface area contributed by atoms with Crippen LogP contribution in [0.25, 0.3) is 49.2 Å². The van der Waals surface area contributed by atoms with Crippen LogP contribution in [-0.2, 0) is 19.8 Å². The average Bonchev–Trinajstić information content (AvgIpc) is 4.14. The molecular formula is C42H30N12O3S3. The van der Waals surface area contributed by atoms with Crippen LogP contribution in [0.3, 0.4) is 0 Å². The molecule has 0 saturated carbocycles. The number of thiophene rings is 3. The van der Waals surface area contributed by atoms with Crippen molar-refractivity contribution in [1.29, 1.82) is 0 Å². The van der Waals surface area contributed by atoms with E-state index in [2.05, 4.69) is 64.4 Å². The molecule has 6 heterocycles. The molecule has 0 amide bonds. The van der Waals surface area contributed by atoms with Gasteiger partial charge in [0, 0.05) is 0 Å². The molecule has 0 radical (unpaired) electrons. The van der Waals surface area contributed by atoms with Crippen molar-refractivity contribution >= 4 is 34.0 Å². The van der Waals surface area contributed by atoms with Crippen molar-refractivity contribution in [3.8, 4) is 66.4 Å². The van der Waals surface area contributed by atoms with Crippen LogP contribution >= 0.6 is 34.0 Å². The van der Waals surface area contributed by atoms with Crippen LogP contribution in [-0.4, -0.2) is 60.6 Å². The van der Waals surface area contributed by atoms with Crippen LogP contribution in [0.15, 0.2) is 144 Å². The summed E-state index contributed by atoms with van der Waals surface area (Å²) in [7, 11) is 0. The highest BCUT2D eigenvalue weighted by molar-refractivity contribution is 7.14. The van der Waals surface area contributed by atoms with Crippen molar-refractivity contribution < 1.29 is 14.2 Å². The second kappa shape index (κ2) is 16.8. The first-order valence-corrected chi connectivity index (χ1v) is 21.1. The van der Waals surface area contributed by atoms with E-state index in [1.807, 2.05) is 125 Å². The predicted octanol–water partition coefficient (Wildman–Crippen LogP) is 8.54. The first-order chi connectivity index (χ1) is 29.6. The minimum Gasteiger partial charge on any atom is -0.489 e. The molecule has 15 nitrogen and oxygen atoms in total. The Balaban J connectivity index is 0.823. The predicted molar refractivity (Wildman–Crippen MR) is 227 cm³/mol. The summed E-state index contributed by atoms with van der Waals surface area (Å²) in [4.78, 5) is 7.42. The Morgan fingerprint density at radius 2 is 0.683 bits per heavy atom. The fourth-order valence-electron chi connectivity index (χ4n) is 6.10. The maximum Gasteiger partial charge on any atom is 0.215 e. The monoisotopic (exact) mass is 846 g/mol. The molecule has 0 atom stereocenters. The van der Waals surface area contributed by atoms with Gasteiger partial charge in [-0.2, -0.15) is 0 Å². The van der Waals surface area contributed by atoms with Gasteiger partial charge in [-0.1, -0.05) is 18.2 Å². The summed E-state index contributed by atoms with van der Waals surface area (Å²) in [6.07, 6.45) is 0. The van der Waals surface area contributed by atoms with E-state index in [1.54, 1.807) is 34.0 Å². The van der Waals surface area contributed by atoms with Gasteiger partial charge in [-0.3, -0.25) is 0 Å². The number of hydrogen-bond acceptors (Lipinski definition) is 15. The summed E-state index contributed by atoms with van der Waals surface area (Å²) in [5.74, 6) is 3.86. The molecule has 0 unspecified atom stereocenters. The van der Waals surface area contributed by atoms with E-state index >= 15 is 0 Å². The van der Waals surface area contributed by atoms with Crippen molar-refractivity contribution in [2.24, 2.45) is 0 Å². The van der Waals surface area contributed by atoms with Gasteiger partial charge in [0.2, 0.25) is 17.5 Å². The summed E-state index contributed by atoms with van der Waals surface area (Å²) in [5, 5.41) is 44.8. The zero-order chi connectivity index (χ0) is 40.1. The van der Waals surface area contributed by atoms with Gasteiger partial charge in [-0.05, 0) is 158 Å². The van der Waals surface area contributed by atoms with Crippen molar-refractivity contribution in [3.05, 3.63) is 160 Å². The second-order valence-corrected chi connectivity index (χ2v) is 16.0. The lowest BCUT2D eigenvalue weighted by Gasteiger charge is -2.14. The number of tetrazole rings is 3. The van der Waals surface area contributed by atoms with Crippen LogP contribution in [0.4, 0.5) is 0 Å². The van der Waals surface area contributed by atoms with E-state index in [1.165, 1.54) is 14.4 Å². The highest BCUT2D eigenvalue weighted by Gasteiger charge is 2.12. The first kappa shape index (κ1) is 36.9. The fourth-order valence-corrected chi connectivity index (χ4v) is 8.04. The van der Waals surface area contributed by atoms with Gasteiger partial charge in [-0.15, -0.1) is 79.0 Å². The zero-order valence-corrected chi connectivity index (χ0v) is 33.7. The van der Waals surface area contributed by atoms with Gasteiger partial charge in [0.15, 0.2) is 0 Å². The van der Waals surface area contributed by atoms with Gasteiger partial charge in [0.1, 0.15) is 37.1 Å². The summed E-state index contributed by atoms with van der Waals surface area (Å²) in [5.41, 5.74) is 5.21. The van der Waals surface area contributed by atoms with Gasteiger partial charge in [0.25, 0.3) is 0 Å². The Labute approximate surface area is 353 Å². The molecule has 18 heteroatoms. The van der Waals surface area contributed by atoms with Crippen LogP contribution in [0, 0.1) is 0 Å². The third-order valence-electron chi connectivity index (χ3n) is 9.00. The first-order valence-electron chi connectivity index (χ1n) is 18.5. The molecule has 0 aliphatic carbocycles. The average molecular weight is 847 g/mol.